The van der Waals surface area contributed by atoms with Crippen LogP contribution in [0.5, 0.6) is 0 Å². The van der Waals surface area contributed by atoms with Crippen molar-refractivity contribution in [1.29, 1.82) is 0 Å². The number of aryl methyl sites for hydroxylation is 1. The minimum Gasteiger partial charge on any atom is -0.340 e. The van der Waals surface area contributed by atoms with Gasteiger partial charge in [0.05, 0.1) is 11.0 Å². The van der Waals surface area contributed by atoms with E-state index < -0.39 is 0 Å². The fraction of sp³-hybridized carbons (Fsp3) is 0.421. The minimum atomic E-state index is 0.0210. The van der Waals surface area contributed by atoms with Crippen LogP contribution >= 0.6 is 0 Å². The number of hydrogen-bond donors (Lipinski definition) is 1. The smallest absolute Gasteiger partial charge is 0.134 e. The van der Waals surface area contributed by atoms with Crippen LogP contribution in [-0.2, 0) is 12.5 Å². The summed E-state index contributed by atoms with van der Waals surface area (Å²) in [7, 11) is 2.08. The van der Waals surface area contributed by atoms with Crippen molar-refractivity contribution in [2.45, 2.75) is 44.9 Å². The SMILES string of the molecule is Cn1c(C(C)(C)C)nc2cc(Nc3ccnc(C4CC4)n3)ccc21. The Morgan fingerprint density at radius 1 is 1.12 bits per heavy atom. The molecular formula is C19H23N5. The zero-order chi connectivity index (χ0) is 16.9. The minimum absolute atomic E-state index is 0.0210. The maximum Gasteiger partial charge on any atom is 0.134 e. The van der Waals surface area contributed by atoms with E-state index in [1.807, 2.05) is 12.3 Å². The molecule has 0 atom stereocenters. The van der Waals surface area contributed by atoms with Gasteiger partial charge in [0.25, 0.3) is 0 Å². The molecule has 0 amide bonds. The lowest BCUT2D eigenvalue weighted by Crippen LogP contribution is -2.17. The molecule has 0 saturated heterocycles. The third-order valence-corrected chi connectivity index (χ3v) is 4.44. The van der Waals surface area contributed by atoms with E-state index in [4.69, 9.17) is 4.98 Å². The predicted molar refractivity (Wildman–Crippen MR) is 96.7 cm³/mol. The van der Waals surface area contributed by atoms with Gasteiger partial charge in [0.15, 0.2) is 0 Å². The van der Waals surface area contributed by atoms with Crippen molar-refractivity contribution in [2.75, 3.05) is 5.32 Å². The maximum absolute atomic E-state index is 4.83. The number of nitrogens with one attached hydrogen (secondary N) is 1. The molecule has 0 spiro atoms. The molecule has 1 N–H and O–H groups in total. The van der Waals surface area contributed by atoms with E-state index in [1.54, 1.807) is 0 Å². The summed E-state index contributed by atoms with van der Waals surface area (Å²) < 4.78 is 2.18. The van der Waals surface area contributed by atoms with E-state index in [0.717, 1.165) is 34.2 Å². The van der Waals surface area contributed by atoms with E-state index >= 15 is 0 Å². The first-order valence-corrected chi connectivity index (χ1v) is 8.49. The van der Waals surface area contributed by atoms with Gasteiger partial charge in [-0.1, -0.05) is 20.8 Å². The standard InChI is InChI=1S/C19H23N5/c1-19(2,3)18-22-14-11-13(7-8-15(14)24(18)4)21-16-9-10-20-17(23-16)12-5-6-12/h7-12H,5-6H2,1-4H3,(H,20,21,23). The average molecular weight is 321 g/mol. The van der Waals surface area contributed by atoms with Crippen molar-refractivity contribution in [3.05, 3.63) is 42.1 Å². The second-order valence-corrected chi connectivity index (χ2v) is 7.65. The fourth-order valence-corrected chi connectivity index (χ4v) is 3.08. The molecule has 2 heterocycles. The second-order valence-electron chi connectivity index (χ2n) is 7.65. The number of benzene rings is 1. The molecule has 3 aromatic rings. The first-order chi connectivity index (χ1) is 11.4. The highest BCUT2D eigenvalue weighted by Gasteiger charge is 2.26. The van der Waals surface area contributed by atoms with Crippen molar-refractivity contribution in [3.63, 3.8) is 0 Å². The predicted octanol–water partition coefficient (Wildman–Crippen LogP) is 4.28. The Balaban J connectivity index is 1.66. The summed E-state index contributed by atoms with van der Waals surface area (Å²) in [4.78, 5) is 13.8. The van der Waals surface area contributed by atoms with E-state index in [1.165, 1.54) is 12.8 Å². The van der Waals surface area contributed by atoms with E-state index in [9.17, 15) is 0 Å². The zero-order valence-electron chi connectivity index (χ0n) is 14.7. The second kappa shape index (κ2) is 5.30. The summed E-state index contributed by atoms with van der Waals surface area (Å²) in [6, 6.07) is 8.19. The van der Waals surface area contributed by atoms with Gasteiger partial charge in [0, 0.05) is 30.3 Å². The highest BCUT2D eigenvalue weighted by Crippen LogP contribution is 2.38. The molecular weight excluding hydrogens is 298 g/mol. The summed E-state index contributed by atoms with van der Waals surface area (Å²) in [5, 5.41) is 3.39. The van der Waals surface area contributed by atoms with Gasteiger partial charge in [-0.25, -0.2) is 15.0 Å². The van der Waals surface area contributed by atoms with Crippen LogP contribution in [0, 0.1) is 0 Å². The van der Waals surface area contributed by atoms with Crippen molar-refractivity contribution in [1.82, 2.24) is 19.5 Å². The molecule has 124 valence electrons. The molecule has 1 aliphatic rings. The van der Waals surface area contributed by atoms with Crippen LogP contribution in [0.2, 0.25) is 0 Å². The number of aromatic nitrogens is 4. The van der Waals surface area contributed by atoms with Crippen molar-refractivity contribution < 1.29 is 0 Å². The van der Waals surface area contributed by atoms with Gasteiger partial charge in [-0.15, -0.1) is 0 Å². The quantitative estimate of drug-likeness (QED) is 0.782. The average Bonchev–Trinajstić information content (AvgIpc) is 3.32. The van der Waals surface area contributed by atoms with Crippen molar-refractivity contribution >= 4 is 22.5 Å². The normalized spacial score (nSPS) is 15.0. The summed E-state index contributed by atoms with van der Waals surface area (Å²) >= 11 is 0. The van der Waals surface area contributed by atoms with E-state index in [0.29, 0.717) is 5.92 Å². The Hall–Kier alpha value is -2.43. The summed E-state index contributed by atoms with van der Waals surface area (Å²) in [6.45, 7) is 6.56. The lowest BCUT2D eigenvalue weighted by Gasteiger charge is -2.17. The lowest BCUT2D eigenvalue weighted by molar-refractivity contribution is 0.526. The first kappa shape index (κ1) is 15.1. The number of imidazole rings is 1. The zero-order valence-corrected chi connectivity index (χ0v) is 14.7. The molecule has 0 bridgehead atoms. The third-order valence-electron chi connectivity index (χ3n) is 4.44. The van der Waals surface area contributed by atoms with Crippen LogP contribution < -0.4 is 5.32 Å². The highest BCUT2D eigenvalue weighted by molar-refractivity contribution is 5.81. The molecule has 0 unspecified atom stereocenters. The summed E-state index contributed by atoms with van der Waals surface area (Å²) in [6.07, 6.45) is 4.25. The van der Waals surface area contributed by atoms with Gasteiger partial charge in [0.1, 0.15) is 17.5 Å². The largest absolute Gasteiger partial charge is 0.340 e. The number of hydrogen-bond acceptors (Lipinski definition) is 4. The number of fused-ring (bicyclic) bond motifs is 1. The number of rotatable bonds is 3. The van der Waals surface area contributed by atoms with Gasteiger partial charge in [-0.05, 0) is 37.1 Å². The molecule has 0 radical (unpaired) electrons. The molecule has 1 aromatic carbocycles. The molecule has 4 rings (SSSR count). The first-order valence-electron chi connectivity index (χ1n) is 8.49. The highest BCUT2D eigenvalue weighted by atomic mass is 15.1. The third kappa shape index (κ3) is 2.75. The van der Waals surface area contributed by atoms with Gasteiger partial charge in [-0.2, -0.15) is 0 Å². The summed E-state index contributed by atoms with van der Waals surface area (Å²) in [5.74, 6) is 3.44. The number of anilines is 2. The Morgan fingerprint density at radius 2 is 1.92 bits per heavy atom. The molecule has 5 heteroatoms. The summed E-state index contributed by atoms with van der Waals surface area (Å²) in [5.41, 5.74) is 3.17. The van der Waals surface area contributed by atoms with Crippen LogP contribution in [0.25, 0.3) is 11.0 Å². The molecule has 24 heavy (non-hydrogen) atoms. The molecule has 0 aliphatic heterocycles. The molecule has 5 nitrogen and oxygen atoms in total. The topological polar surface area (TPSA) is 55.6 Å². The Kier molecular flexibility index (Phi) is 3.34. The van der Waals surface area contributed by atoms with Gasteiger partial charge in [0.2, 0.25) is 0 Å². The van der Waals surface area contributed by atoms with E-state index in [-0.39, 0.29) is 5.41 Å². The Morgan fingerprint density at radius 3 is 2.62 bits per heavy atom. The van der Waals surface area contributed by atoms with Crippen LogP contribution in [-0.4, -0.2) is 19.5 Å². The van der Waals surface area contributed by atoms with Crippen molar-refractivity contribution in [3.8, 4) is 0 Å². The van der Waals surface area contributed by atoms with Gasteiger partial charge in [-0.3, -0.25) is 0 Å². The van der Waals surface area contributed by atoms with Gasteiger partial charge >= 0.3 is 0 Å². The van der Waals surface area contributed by atoms with Crippen LogP contribution in [0.3, 0.4) is 0 Å². The molecule has 1 saturated carbocycles. The van der Waals surface area contributed by atoms with E-state index in [2.05, 4.69) is 65.9 Å². The lowest BCUT2D eigenvalue weighted by atomic mass is 9.96. The Labute approximate surface area is 142 Å². The molecule has 1 aliphatic carbocycles. The van der Waals surface area contributed by atoms with Gasteiger partial charge < -0.3 is 9.88 Å². The number of nitrogens with zero attached hydrogens (tertiary/aromatic N) is 4. The van der Waals surface area contributed by atoms with Crippen LogP contribution in [0.15, 0.2) is 30.5 Å². The maximum atomic E-state index is 4.83. The van der Waals surface area contributed by atoms with Crippen molar-refractivity contribution in [2.24, 2.45) is 7.05 Å². The van der Waals surface area contributed by atoms with Crippen LogP contribution in [0.1, 0.15) is 51.2 Å². The Bertz CT molecular complexity index is 900. The monoisotopic (exact) mass is 321 g/mol. The molecule has 2 aromatic heterocycles. The van der Waals surface area contributed by atoms with Crippen LogP contribution in [0.4, 0.5) is 11.5 Å². The molecule has 1 fully saturated rings. The fourth-order valence-electron chi connectivity index (χ4n) is 3.08.